The largest absolute Gasteiger partial charge is 0.339 e. The molecule has 0 radical (unpaired) electrons. The van der Waals surface area contributed by atoms with Gasteiger partial charge in [0.25, 0.3) is 0 Å². The molecule has 0 aliphatic carbocycles. The molecule has 1 fully saturated rings. The molecule has 2 rings (SSSR count). The number of amides is 1. The number of halogens is 2. The fourth-order valence-electron chi connectivity index (χ4n) is 2.61. The summed E-state index contributed by atoms with van der Waals surface area (Å²) in [6.07, 6.45) is 0.831. The van der Waals surface area contributed by atoms with Gasteiger partial charge in [-0.1, -0.05) is 31.9 Å². The van der Waals surface area contributed by atoms with Crippen molar-refractivity contribution in [2.75, 3.05) is 26.2 Å². The summed E-state index contributed by atoms with van der Waals surface area (Å²) in [5.41, 5.74) is 5.99. The summed E-state index contributed by atoms with van der Waals surface area (Å²) < 4.78 is 26.6. The highest BCUT2D eigenvalue weighted by Crippen LogP contribution is 2.20. The zero-order valence-electron chi connectivity index (χ0n) is 14.4. The lowest BCUT2D eigenvalue weighted by Gasteiger charge is -2.36. The fraction of sp³-hybridized carbons (Fsp3) is 0.562. The molecule has 1 aromatic rings. The number of nitrogens with zero attached hydrogens (tertiary/aromatic N) is 2. The van der Waals surface area contributed by atoms with E-state index in [-0.39, 0.29) is 42.2 Å². The van der Waals surface area contributed by atoms with Crippen LogP contribution in [0.15, 0.2) is 29.2 Å². The third-order valence-electron chi connectivity index (χ3n) is 4.54. The molecule has 1 heterocycles. The van der Waals surface area contributed by atoms with Gasteiger partial charge in [-0.15, -0.1) is 12.4 Å². The number of hydrogen-bond donors (Lipinski definition) is 1. The van der Waals surface area contributed by atoms with Crippen LogP contribution in [0.5, 0.6) is 0 Å². The monoisotopic (exact) mass is 409 g/mol. The summed E-state index contributed by atoms with van der Waals surface area (Å²) in [4.78, 5) is 14.2. The number of rotatable bonds is 5. The maximum Gasteiger partial charge on any atom is 0.243 e. The van der Waals surface area contributed by atoms with Crippen LogP contribution < -0.4 is 5.73 Å². The fourth-order valence-corrected chi connectivity index (χ4v) is 4.16. The van der Waals surface area contributed by atoms with Crippen molar-refractivity contribution in [3.63, 3.8) is 0 Å². The second-order valence-corrected chi connectivity index (χ2v) is 8.47. The Morgan fingerprint density at radius 1 is 1.20 bits per heavy atom. The Morgan fingerprint density at radius 2 is 1.72 bits per heavy atom. The zero-order chi connectivity index (χ0) is 17.9. The molecule has 142 valence electrons. The van der Waals surface area contributed by atoms with Crippen molar-refractivity contribution >= 4 is 39.9 Å². The number of nitrogens with two attached hydrogens (primary N) is 1. The van der Waals surface area contributed by atoms with E-state index in [0.717, 1.165) is 6.42 Å². The molecule has 1 saturated heterocycles. The van der Waals surface area contributed by atoms with E-state index in [2.05, 4.69) is 0 Å². The summed E-state index contributed by atoms with van der Waals surface area (Å²) in [5.74, 6) is 0.00113. The highest BCUT2D eigenvalue weighted by atomic mass is 35.5. The van der Waals surface area contributed by atoms with Crippen LogP contribution in [0.25, 0.3) is 0 Å². The molecule has 1 aromatic carbocycles. The van der Waals surface area contributed by atoms with Crippen molar-refractivity contribution in [2.45, 2.75) is 31.2 Å². The Balaban J connectivity index is 0.00000312. The van der Waals surface area contributed by atoms with Crippen LogP contribution in [-0.4, -0.2) is 55.8 Å². The van der Waals surface area contributed by atoms with Gasteiger partial charge in [-0.2, -0.15) is 4.31 Å². The zero-order valence-corrected chi connectivity index (χ0v) is 16.8. The molecule has 6 nitrogen and oxygen atoms in total. The molecule has 0 spiro atoms. The van der Waals surface area contributed by atoms with Crippen LogP contribution in [0.1, 0.15) is 20.3 Å². The average Bonchev–Trinajstić information content (AvgIpc) is 2.60. The predicted molar refractivity (Wildman–Crippen MR) is 101 cm³/mol. The molecular weight excluding hydrogens is 385 g/mol. The van der Waals surface area contributed by atoms with Crippen LogP contribution in [0.3, 0.4) is 0 Å². The Bertz CT molecular complexity index is 674. The van der Waals surface area contributed by atoms with Crippen LogP contribution in [0, 0.1) is 5.92 Å². The normalized spacial score (nSPS) is 18.3. The Labute approximate surface area is 160 Å². The standard InChI is InChI=1S/C16H24ClN3O3S.ClH/c1-3-12(2)15(18)16(21)19-8-10-20(11-9-19)24(22,23)14-6-4-13(17)5-7-14;/h4-7,12,15H,3,8-11,18H2,1-2H3;1H. The number of benzene rings is 1. The molecule has 2 atom stereocenters. The minimum Gasteiger partial charge on any atom is -0.339 e. The molecule has 25 heavy (non-hydrogen) atoms. The smallest absolute Gasteiger partial charge is 0.243 e. The number of sulfonamides is 1. The molecule has 2 unspecified atom stereocenters. The molecule has 9 heteroatoms. The van der Waals surface area contributed by atoms with Crippen molar-refractivity contribution < 1.29 is 13.2 Å². The highest BCUT2D eigenvalue weighted by Gasteiger charge is 2.32. The van der Waals surface area contributed by atoms with Crippen LogP contribution in [-0.2, 0) is 14.8 Å². The van der Waals surface area contributed by atoms with Gasteiger partial charge >= 0.3 is 0 Å². The van der Waals surface area contributed by atoms with Gasteiger partial charge in [-0.05, 0) is 30.2 Å². The lowest BCUT2D eigenvalue weighted by molar-refractivity contribution is -0.134. The Kier molecular flexibility index (Phi) is 8.15. The van der Waals surface area contributed by atoms with E-state index in [1.165, 1.54) is 16.4 Å². The molecule has 0 aromatic heterocycles. The van der Waals surface area contributed by atoms with Crippen molar-refractivity contribution in [1.29, 1.82) is 0 Å². The van der Waals surface area contributed by atoms with Gasteiger partial charge in [-0.3, -0.25) is 4.79 Å². The Hall–Kier alpha value is -0.860. The quantitative estimate of drug-likeness (QED) is 0.805. The average molecular weight is 410 g/mol. The van der Waals surface area contributed by atoms with Gasteiger partial charge in [0.2, 0.25) is 15.9 Å². The summed E-state index contributed by atoms with van der Waals surface area (Å²) >= 11 is 5.80. The van der Waals surface area contributed by atoms with Crippen LogP contribution in [0.4, 0.5) is 0 Å². The lowest BCUT2D eigenvalue weighted by Crippen LogP contribution is -2.55. The number of carbonyl (C=O) groups excluding carboxylic acids is 1. The maximum absolute atomic E-state index is 12.6. The Morgan fingerprint density at radius 3 is 2.20 bits per heavy atom. The summed E-state index contributed by atoms with van der Waals surface area (Å²) in [5, 5.41) is 0.489. The molecule has 2 N–H and O–H groups in total. The first kappa shape index (κ1) is 22.2. The van der Waals surface area contributed by atoms with Crippen molar-refractivity contribution in [3.05, 3.63) is 29.3 Å². The maximum atomic E-state index is 12.6. The van der Waals surface area contributed by atoms with E-state index in [9.17, 15) is 13.2 Å². The molecule has 1 aliphatic heterocycles. The summed E-state index contributed by atoms with van der Waals surface area (Å²) in [6.45, 7) is 5.19. The molecule has 1 amide bonds. The van der Waals surface area contributed by atoms with E-state index >= 15 is 0 Å². The summed E-state index contributed by atoms with van der Waals surface area (Å²) in [6, 6.07) is 5.57. The van der Waals surface area contributed by atoms with Crippen molar-refractivity contribution in [1.82, 2.24) is 9.21 Å². The molecule has 1 aliphatic rings. The van der Waals surface area contributed by atoms with Gasteiger partial charge < -0.3 is 10.6 Å². The van der Waals surface area contributed by atoms with Gasteiger partial charge in [0.1, 0.15) is 0 Å². The molecule has 0 saturated carbocycles. The second kappa shape index (κ2) is 9.19. The SMILES string of the molecule is CCC(C)C(N)C(=O)N1CCN(S(=O)(=O)c2ccc(Cl)cc2)CC1.Cl. The first-order valence-electron chi connectivity index (χ1n) is 8.07. The van der Waals surface area contributed by atoms with E-state index in [4.69, 9.17) is 17.3 Å². The second-order valence-electron chi connectivity index (χ2n) is 6.09. The van der Waals surface area contributed by atoms with Crippen molar-refractivity contribution in [3.8, 4) is 0 Å². The van der Waals surface area contributed by atoms with Gasteiger partial charge in [-0.25, -0.2) is 8.42 Å². The van der Waals surface area contributed by atoms with Crippen LogP contribution in [0.2, 0.25) is 5.02 Å². The minimum absolute atomic E-state index is 0. The van der Waals surface area contributed by atoms with E-state index < -0.39 is 16.1 Å². The number of piperazine rings is 1. The van der Waals surface area contributed by atoms with E-state index in [1.807, 2.05) is 13.8 Å². The number of hydrogen-bond acceptors (Lipinski definition) is 4. The summed E-state index contributed by atoms with van der Waals surface area (Å²) in [7, 11) is -3.56. The third kappa shape index (κ3) is 5.08. The third-order valence-corrected chi connectivity index (χ3v) is 6.71. The highest BCUT2D eigenvalue weighted by molar-refractivity contribution is 7.89. The molecular formula is C16H25Cl2N3O3S. The van der Waals surface area contributed by atoms with Crippen molar-refractivity contribution in [2.24, 2.45) is 11.7 Å². The first-order chi connectivity index (χ1) is 11.3. The van der Waals surface area contributed by atoms with Gasteiger partial charge in [0, 0.05) is 31.2 Å². The number of carbonyl (C=O) groups is 1. The van der Waals surface area contributed by atoms with Gasteiger partial charge in [0.15, 0.2) is 0 Å². The first-order valence-corrected chi connectivity index (χ1v) is 9.89. The van der Waals surface area contributed by atoms with Crippen LogP contribution >= 0.6 is 24.0 Å². The van der Waals surface area contributed by atoms with E-state index in [1.54, 1.807) is 17.0 Å². The topological polar surface area (TPSA) is 83.7 Å². The predicted octanol–water partition coefficient (Wildman–Crippen LogP) is 1.97. The lowest BCUT2D eigenvalue weighted by atomic mass is 9.99. The minimum atomic E-state index is -3.56. The van der Waals surface area contributed by atoms with Gasteiger partial charge in [0.05, 0.1) is 10.9 Å². The molecule has 0 bridgehead atoms. The van der Waals surface area contributed by atoms with E-state index in [0.29, 0.717) is 18.1 Å².